The van der Waals surface area contributed by atoms with Crippen LogP contribution in [0.4, 0.5) is 5.95 Å². The molecule has 0 aliphatic carbocycles. The van der Waals surface area contributed by atoms with E-state index in [9.17, 15) is 9.69 Å². The number of nitrogens with two attached hydrogens (primary N) is 1. The fourth-order valence-corrected chi connectivity index (χ4v) is 3.55. The zero-order chi connectivity index (χ0) is 18.2. The minimum absolute atomic E-state index is 0.0487. The number of anilines is 1. The van der Waals surface area contributed by atoms with Crippen LogP contribution >= 0.6 is 6.72 Å². The number of rotatable bonds is 6. The van der Waals surface area contributed by atoms with Crippen LogP contribution in [-0.4, -0.2) is 52.1 Å². The van der Waals surface area contributed by atoms with E-state index in [-0.39, 0.29) is 23.7 Å². The molecule has 0 amide bonds. The molecule has 2 unspecified atom stereocenters. The lowest BCUT2D eigenvalue weighted by Crippen LogP contribution is -2.34. The van der Waals surface area contributed by atoms with E-state index in [4.69, 9.17) is 36.1 Å². The standard InChI is InChI=1S/C12H18N5O6PS/c1-3-21-8-6(23-24(19,25)20-2)4-22-11(8)17-5-14-7-9(17)15-12(13)16-10(7)18/h5-6,8,11H,3-4H2,1-2H3,(H,19,25)(H3,13,15,16,18)/p-1/t6?,8-,11+,24?/m0/s1. The summed E-state index contributed by atoms with van der Waals surface area (Å²) < 4.78 is 23.0. The van der Waals surface area contributed by atoms with Gasteiger partial charge in [-0.15, -0.1) is 0 Å². The van der Waals surface area contributed by atoms with Gasteiger partial charge in [-0.05, 0) is 6.92 Å². The monoisotopic (exact) mass is 390 g/mol. The molecule has 1 aliphatic rings. The van der Waals surface area contributed by atoms with Crippen molar-refractivity contribution in [1.82, 2.24) is 19.5 Å². The Bertz CT molecular complexity index is 871. The summed E-state index contributed by atoms with van der Waals surface area (Å²) >= 11 is 4.77. The van der Waals surface area contributed by atoms with Crippen LogP contribution in [0.25, 0.3) is 11.2 Å². The van der Waals surface area contributed by atoms with Crippen LogP contribution in [-0.2, 0) is 30.3 Å². The molecule has 4 atom stereocenters. The second-order valence-corrected chi connectivity index (χ2v) is 8.00. The Hall–Kier alpha value is -1.40. The van der Waals surface area contributed by atoms with Crippen molar-refractivity contribution in [3.05, 3.63) is 16.7 Å². The van der Waals surface area contributed by atoms with Crippen molar-refractivity contribution in [2.45, 2.75) is 25.4 Å². The number of hydrogen-bond donors (Lipinski definition) is 2. The van der Waals surface area contributed by atoms with Gasteiger partial charge in [-0.3, -0.25) is 14.3 Å². The van der Waals surface area contributed by atoms with Crippen molar-refractivity contribution in [2.24, 2.45) is 0 Å². The summed E-state index contributed by atoms with van der Waals surface area (Å²) in [7, 11) is 1.21. The Morgan fingerprint density at radius 1 is 1.64 bits per heavy atom. The van der Waals surface area contributed by atoms with E-state index in [1.165, 1.54) is 18.0 Å². The van der Waals surface area contributed by atoms with Crippen molar-refractivity contribution >= 4 is 35.6 Å². The topological polar surface area (TPSA) is 150 Å². The predicted octanol–water partition coefficient (Wildman–Crippen LogP) is -0.748. The maximum atomic E-state index is 11.9. The molecular weight excluding hydrogens is 373 g/mol. The van der Waals surface area contributed by atoms with Crippen molar-refractivity contribution in [2.75, 3.05) is 26.1 Å². The lowest BCUT2D eigenvalue weighted by Gasteiger charge is -2.31. The van der Waals surface area contributed by atoms with Crippen LogP contribution < -0.4 is 16.2 Å². The highest BCUT2D eigenvalue weighted by Gasteiger charge is 2.42. The fraction of sp³-hybridized carbons (Fsp3) is 0.583. The van der Waals surface area contributed by atoms with E-state index in [1.807, 2.05) is 0 Å². The molecule has 138 valence electrons. The number of nitrogens with zero attached hydrogens (tertiary/aromatic N) is 3. The third-order valence-electron chi connectivity index (χ3n) is 3.65. The van der Waals surface area contributed by atoms with Crippen LogP contribution in [0.2, 0.25) is 0 Å². The molecule has 3 heterocycles. The Balaban J connectivity index is 1.97. The Kier molecular flexibility index (Phi) is 5.21. The first-order valence-corrected chi connectivity index (χ1v) is 9.92. The second kappa shape index (κ2) is 7.08. The van der Waals surface area contributed by atoms with E-state index >= 15 is 0 Å². The van der Waals surface area contributed by atoms with Crippen LogP contribution in [0.3, 0.4) is 0 Å². The van der Waals surface area contributed by atoms with Gasteiger partial charge >= 0.3 is 0 Å². The van der Waals surface area contributed by atoms with Crippen molar-refractivity contribution in [3.63, 3.8) is 0 Å². The number of aromatic amines is 1. The molecule has 11 nitrogen and oxygen atoms in total. The average Bonchev–Trinajstić information content (AvgIpc) is 3.12. The van der Waals surface area contributed by atoms with Crippen molar-refractivity contribution in [1.29, 1.82) is 0 Å². The molecule has 0 aromatic carbocycles. The molecular formula is C12H17N5O6PS-. The SMILES string of the molecule is CCO[C@H]1C(OP([O-])(=S)OC)CO[C@H]1n1cnc2c(=O)[nH]c(N)nc21. The Morgan fingerprint density at radius 3 is 3.08 bits per heavy atom. The van der Waals surface area contributed by atoms with Gasteiger partial charge in [0.2, 0.25) is 5.95 Å². The molecule has 0 saturated carbocycles. The maximum absolute atomic E-state index is 11.9. The molecule has 2 aromatic heterocycles. The first-order chi connectivity index (χ1) is 11.9. The average molecular weight is 390 g/mol. The largest absolute Gasteiger partial charge is 0.780 e. The van der Waals surface area contributed by atoms with Gasteiger partial charge in [0.05, 0.1) is 12.9 Å². The lowest BCUT2D eigenvalue weighted by atomic mass is 10.2. The number of fused-ring (bicyclic) bond motifs is 1. The Morgan fingerprint density at radius 2 is 2.40 bits per heavy atom. The predicted molar refractivity (Wildman–Crippen MR) is 89.1 cm³/mol. The smallest absolute Gasteiger partial charge is 0.280 e. The number of ether oxygens (including phenoxy) is 2. The number of imidazole rings is 1. The van der Waals surface area contributed by atoms with Gasteiger partial charge in [0.25, 0.3) is 5.56 Å². The summed E-state index contributed by atoms with van der Waals surface area (Å²) in [5, 5.41) is 0. The third kappa shape index (κ3) is 3.60. The molecule has 2 aromatic rings. The van der Waals surface area contributed by atoms with Gasteiger partial charge in [0.15, 0.2) is 17.4 Å². The number of nitrogen functional groups attached to an aromatic ring is 1. The van der Waals surface area contributed by atoms with Gasteiger partial charge in [0.1, 0.15) is 18.9 Å². The minimum Gasteiger partial charge on any atom is -0.780 e. The molecule has 0 spiro atoms. The number of H-pyrrole nitrogens is 1. The third-order valence-corrected chi connectivity index (χ3v) is 5.33. The minimum atomic E-state index is -3.64. The van der Waals surface area contributed by atoms with E-state index in [2.05, 4.69) is 15.0 Å². The van der Waals surface area contributed by atoms with Gasteiger partial charge in [-0.25, -0.2) is 4.98 Å². The first kappa shape index (κ1) is 18.4. The van der Waals surface area contributed by atoms with Crippen molar-refractivity contribution in [3.8, 4) is 0 Å². The molecule has 13 heteroatoms. The van der Waals surface area contributed by atoms with Crippen LogP contribution in [0.5, 0.6) is 0 Å². The van der Waals surface area contributed by atoms with E-state index in [1.54, 1.807) is 6.92 Å². The quantitative estimate of drug-likeness (QED) is 0.603. The van der Waals surface area contributed by atoms with E-state index < -0.39 is 30.7 Å². The summed E-state index contributed by atoms with van der Waals surface area (Å²) in [5.41, 5.74) is 5.49. The van der Waals surface area contributed by atoms with Crippen LogP contribution in [0.1, 0.15) is 13.2 Å². The number of hydrogen-bond acceptors (Lipinski definition) is 10. The summed E-state index contributed by atoms with van der Waals surface area (Å²) in [6, 6.07) is 0. The van der Waals surface area contributed by atoms with Gasteiger partial charge < -0.3 is 29.1 Å². The molecule has 0 bridgehead atoms. The maximum Gasteiger partial charge on any atom is 0.280 e. The zero-order valence-electron chi connectivity index (χ0n) is 13.4. The Labute approximate surface area is 147 Å². The molecule has 1 saturated heterocycles. The van der Waals surface area contributed by atoms with Gasteiger partial charge in [-0.1, -0.05) is 11.8 Å². The molecule has 3 N–H and O–H groups in total. The lowest BCUT2D eigenvalue weighted by molar-refractivity contribution is -0.211. The summed E-state index contributed by atoms with van der Waals surface area (Å²) in [6.07, 6.45) is -0.689. The normalized spacial score (nSPS) is 26.1. The highest BCUT2D eigenvalue weighted by Crippen LogP contribution is 2.43. The van der Waals surface area contributed by atoms with Gasteiger partial charge in [0, 0.05) is 13.7 Å². The summed E-state index contributed by atoms with van der Waals surface area (Å²) in [6.45, 7) is -1.43. The molecule has 25 heavy (non-hydrogen) atoms. The van der Waals surface area contributed by atoms with Crippen LogP contribution in [0.15, 0.2) is 11.1 Å². The van der Waals surface area contributed by atoms with Crippen LogP contribution in [0, 0.1) is 0 Å². The zero-order valence-corrected chi connectivity index (χ0v) is 15.2. The van der Waals surface area contributed by atoms with Gasteiger partial charge in [-0.2, -0.15) is 4.98 Å². The highest BCUT2D eigenvalue weighted by molar-refractivity contribution is 8.06. The van der Waals surface area contributed by atoms with E-state index in [0.717, 1.165) is 0 Å². The molecule has 1 aliphatic heterocycles. The molecule has 0 radical (unpaired) electrons. The van der Waals surface area contributed by atoms with E-state index in [0.29, 0.717) is 6.61 Å². The molecule has 3 rings (SSSR count). The van der Waals surface area contributed by atoms with Crippen molar-refractivity contribution < 1.29 is 23.4 Å². The summed E-state index contributed by atoms with van der Waals surface area (Å²) in [4.78, 5) is 34.4. The summed E-state index contributed by atoms with van der Waals surface area (Å²) in [5.74, 6) is -0.0487. The highest BCUT2D eigenvalue weighted by atomic mass is 32.5. The second-order valence-electron chi connectivity index (χ2n) is 5.19. The molecule has 1 fully saturated rings. The first-order valence-electron chi connectivity index (χ1n) is 7.37. The number of aromatic nitrogens is 4. The number of nitrogens with one attached hydrogen (secondary N) is 1. The fourth-order valence-electron chi connectivity index (χ4n) is 2.62.